The SMILES string of the molecule is Cn1cc(C=CC(=O)Nc2ccc(Oc3ccc(Cl)cc3)nc2)c(=O)n(C)c1=O. The predicted molar refractivity (Wildman–Crippen MR) is 110 cm³/mol. The zero-order valence-corrected chi connectivity index (χ0v) is 16.4. The molecule has 1 amide bonds. The topological polar surface area (TPSA) is 95.2 Å². The molecule has 1 N–H and O–H groups in total. The number of aryl methyl sites for hydroxylation is 1. The second kappa shape index (κ2) is 8.57. The summed E-state index contributed by atoms with van der Waals surface area (Å²) in [4.78, 5) is 40.0. The van der Waals surface area contributed by atoms with E-state index in [9.17, 15) is 14.4 Å². The Morgan fingerprint density at radius 2 is 1.86 bits per heavy atom. The van der Waals surface area contributed by atoms with Crippen molar-refractivity contribution in [3.63, 3.8) is 0 Å². The smallest absolute Gasteiger partial charge is 0.330 e. The van der Waals surface area contributed by atoms with Crippen LogP contribution in [0.4, 0.5) is 5.69 Å². The van der Waals surface area contributed by atoms with Crippen molar-refractivity contribution < 1.29 is 9.53 Å². The molecule has 0 aliphatic heterocycles. The Kier molecular flexibility index (Phi) is 5.94. The molecule has 0 spiro atoms. The largest absolute Gasteiger partial charge is 0.439 e. The first-order valence-corrected chi connectivity index (χ1v) is 8.86. The van der Waals surface area contributed by atoms with Crippen molar-refractivity contribution >= 4 is 29.3 Å². The number of benzene rings is 1. The molecule has 0 saturated carbocycles. The lowest BCUT2D eigenvalue weighted by Crippen LogP contribution is -2.37. The Hall–Kier alpha value is -3.65. The molecule has 29 heavy (non-hydrogen) atoms. The molecule has 1 aromatic carbocycles. The van der Waals surface area contributed by atoms with Crippen molar-refractivity contribution in [3.05, 3.63) is 86.3 Å². The van der Waals surface area contributed by atoms with E-state index in [0.717, 1.165) is 4.57 Å². The fraction of sp³-hybridized carbons (Fsp3) is 0.100. The number of nitrogens with one attached hydrogen (secondary N) is 1. The van der Waals surface area contributed by atoms with Crippen molar-refractivity contribution in [2.45, 2.75) is 0 Å². The Labute approximate surface area is 170 Å². The Balaban J connectivity index is 1.65. The van der Waals surface area contributed by atoms with E-state index in [4.69, 9.17) is 16.3 Å². The fourth-order valence-electron chi connectivity index (χ4n) is 2.44. The minimum Gasteiger partial charge on any atom is -0.439 e. The summed E-state index contributed by atoms with van der Waals surface area (Å²) in [5.74, 6) is 0.490. The van der Waals surface area contributed by atoms with Crippen molar-refractivity contribution in [2.75, 3.05) is 5.32 Å². The maximum absolute atomic E-state index is 12.1. The van der Waals surface area contributed by atoms with Gasteiger partial charge in [-0.15, -0.1) is 0 Å². The van der Waals surface area contributed by atoms with Crippen LogP contribution in [0.3, 0.4) is 0 Å². The van der Waals surface area contributed by atoms with Gasteiger partial charge in [-0.3, -0.25) is 14.2 Å². The maximum Gasteiger partial charge on any atom is 0.330 e. The van der Waals surface area contributed by atoms with Crippen LogP contribution in [0.2, 0.25) is 5.02 Å². The molecule has 8 nitrogen and oxygen atoms in total. The minimum absolute atomic E-state index is 0.217. The molecule has 0 aliphatic rings. The van der Waals surface area contributed by atoms with E-state index < -0.39 is 17.2 Å². The summed E-state index contributed by atoms with van der Waals surface area (Å²) < 4.78 is 7.82. The fourth-order valence-corrected chi connectivity index (χ4v) is 2.56. The Morgan fingerprint density at radius 1 is 1.14 bits per heavy atom. The van der Waals surface area contributed by atoms with Gasteiger partial charge in [-0.1, -0.05) is 11.6 Å². The molecule has 0 unspecified atom stereocenters. The highest BCUT2D eigenvalue weighted by molar-refractivity contribution is 6.30. The summed E-state index contributed by atoms with van der Waals surface area (Å²) in [5, 5.41) is 3.24. The second-order valence-electron chi connectivity index (χ2n) is 6.11. The van der Waals surface area contributed by atoms with E-state index in [-0.39, 0.29) is 5.56 Å². The first kappa shape index (κ1) is 20.1. The van der Waals surface area contributed by atoms with Gasteiger partial charge in [0.2, 0.25) is 11.8 Å². The van der Waals surface area contributed by atoms with Gasteiger partial charge in [-0.25, -0.2) is 9.78 Å². The number of amides is 1. The summed E-state index contributed by atoms with van der Waals surface area (Å²) in [6, 6.07) is 10.1. The van der Waals surface area contributed by atoms with Crippen LogP contribution in [-0.4, -0.2) is 20.0 Å². The Morgan fingerprint density at radius 3 is 2.52 bits per heavy atom. The summed E-state index contributed by atoms with van der Waals surface area (Å²) in [6.45, 7) is 0. The van der Waals surface area contributed by atoms with Crippen LogP contribution >= 0.6 is 11.6 Å². The number of hydrogen-bond donors (Lipinski definition) is 1. The van der Waals surface area contributed by atoms with Crippen molar-refractivity contribution in [1.29, 1.82) is 0 Å². The molecule has 0 saturated heterocycles. The number of aromatic nitrogens is 3. The molecule has 3 aromatic rings. The van der Waals surface area contributed by atoms with Gasteiger partial charge in [-0.05, 0) is 36.4 Å². The molecule has 0 fully saturated rings. The number of halogens is 1. The van der Waals surface area contributed by atoms with E-state index >= 15 is 0 Å². The third kappa shape index (κ3) is 4.99. The van der Waals surface area contributed by atoms with E-state index in [0.29, 0.717) is 22.3 Å². The lowest BCUT2D eigenvalue weighted by Gasteiger charge is -2.06. The van der Waals surface area contributed by atoms with Gasteiger partial charge < -0.3 is 14.6 Å². The van der Waals surface area contributed by atoms with Gasteiger partial charge in [0.15, 0.2) is 0 Å². The molecular weight excluding hydrogens is 396 g/mol. The molecule has 0 bridgehead atoms. The third-order valence-corrected chi connectivity index (χ3v) is 4.18. The Bertz CT molecular complexity index is 1180. The summed E-state index contributed by atoms with van der Waals surface area (Å²) in [7, 11) is 2.90. The quantitative estimate of drug-likeness (QED) is 0.650. The van der Waals surface area contributed by atoms with Gasteiger partial charge in [0.1, 0.15) is 5.75 Å². The van der Waals surface area contributed by atoms with Gasteiger partial charge >= 0.3 is 5.69 Å². The summed E-state index contributed by atoms with van der Waals surface area (Å²) in [6.07, 6.45) is 5.38. The normalized spacial score (nSPS) is 10.9. The zero-order valence-electron chi connectivity index (χ0n) is 15.6. The molecule has 0 radical (unpaired) electrons. The molecule has 9 heteroatoms. The zero-order chi connectivity index (χ0) is 21.0. The van der Waals surface area contributed by atoms with Crippen LogP contribution in [0.25, 0.3) is 6.08 Å². The van der Waals surface area contributed by atoms with Crippen molar-refractivity contribution in [1.82, 2.24) is 14.1 Å². The van der Waals surface area contributed by atoms with Crippen LogP contribution in [0.1, 0.15) is 5.56 Å². The number of hydrogen-bond acceptors (Lipinski definition) is 5. The molecular formula is C20H17ClN4O4. The van der Waals surface area contributed by atoms with Crippen LogP contribution in [0.15, 0.2) is 64.5 Å². The first-order chi connectivity index (χ1) is 13.8. The van der Waals surface area contributed by atoms with Crippen LogP contribution in [0, 0.1) is 0 Å². The van der Waals surface area contributed by atoms with E-state index in [1.165, 1.54) is 43.2 Å². The van der Waals surface area contributed by atoms with Gasteiger partial charge in [0.05, 0.1) is 17.4 Å². The van der Waals surface area contributed by atoms with Crippen LogP contribution in [-0.2, 0) is 18.9 Å². The average molecular weight is 413 g/mol. The predicted octanol–water partition coefficient (Wildman–Crippen LogP) is 2.58. The van der Waals surface area contributed by atoms with Gasteiger partial charge in [-0.2, -0.15) is 0 Å². The number of ether oxygens (including phenoxy) is 1. The van der Waals surface area contributed by atoms with Gasteiger partial charge in [0.25, 0.3) is 5.56 Å². The number of nitrogens with zero attached hydrogens (tertiary/aromatic N) is 3. The summed E-state index contributed by atoms with van der Waals surface area (Å²) >= 11 is 5.83. The first-order valence-electron chi connectivity index (χ1n) is 8.48. The molecule has 3 rings (SSSR count). The third-order valence-electron chi connectivity index (χ3n) is 3.93. The lowest BCUT2D eigenvalue weighted by atomic mass is 10.3. The monoisotopic (exact) mass is 412 g/mol. The highest BCUT2D eigenvalue weighted by Crippen LogP contribution is 2.22. The van der Waals surface area contributed by atoms with E-state index in [2.05, 4.69) is 10.3 Å². The van der Waals surface area contributed by atoms with Crippen LogP contribution in [0.5, 0.6) is 11.6 Å². The lowest BCUT2D eigenvalue weighted by molar-refractivity contribution is -0.111. The summed E-state index contributed by atoms with van der Waals surface area (Å²) in [5.41, 5.74) is -0.253. The highest BCUT2D eigenvalue weighted by atomic mass is 35.5. The second-order valence-corrected chi connectivity index (χ2v) is 6.54. The van der Waals surface area contributed by atoms with Crippen molar-refractivity contribution in [3.8, 4) is 11.6 Å². The average Bonchev–Trinajstić information content (AvgIpc) is 2.71. The number of pyridine rings is 1. The van der Waals surface area contributed by atoms with Crippen molar-refractivity contribution in [2.24, 2.45) is 14.1 Å². The van der Waals surface area contributed by atoms with E-state index in [1.54, 1.807) is 36.4 Å². The highest BCUT2D eigenvalue weighted by Gasteiger charge is 2.05. The number of carbonyl (C=O) groups excluding carboxylic acids is 1. The molecule has 0 atom stereocenters. The minimum atomic E-state index is -0.484. The molecule has 2 heterocycles. The number of carbonyl (C=O) groups is 1. The maximum atomic E-state index is 12.1. The molecule has 148 valence electrons. The molecule has 2 aromatic heterocycles. The van der Waals surface area contributed by atoms with Crippen LogP contribution < -0.4 is 21.3 Å². The number of rotatable bonds is 5. The van der Waals surface area contributed by atoms with E-state index in [1.807, 2.05) is 0 Å². The molecule has 0 aliphatic carbocycles. The number of anilines is 1. The van der Waals surface area contributed by atoms with Gasteiger partial charge in [0, 0.05) is 37.5 Å². The standard InChI is InChI=1S/C20H17ClN4O4/c1-24-12-13(19(27)25(2)20(24)28)3-9-17(26)23-15-6-10-18(22-11-15)29-16-7-4-14(21)5-8-16/h3-12H,1-2H3,(H,23,26).